The molecule has 27 heavy (non-hydrogen) atoms. The molecule has 2 aromatic rings. The van der Waals surface area contributed by atoms with Crippen molar-refractivity contribution in [2.24, 2.45) is 0 Å². The molecule has 1 saturated heterocycles. The molecule has 3 rings (SSSR count). The van der Waals surface area contributed by atoms with E-state index in [2.05, 4.69) is 10.2 Å². The van der Waals surface area contributed by atoms with Crippen molar-refractivity contribution < 1.29 is 32.2 Å². The molecule has 1 aromatic carbocycles. The van der Waals surface area contributed by atoms with Crippen molar-refractivity contribution >= 4 is 16.0 Å². The number of sulfonamides is 1. The van der Waals surface area contributed by atoms with E-state index >= 15 is 0 Å². The standard InChI is InChI=1S/C16H16FN3O6S/c1-25-14-4-5-15(19-18-14)26-10-6-7-20(9-10)27(23,24)11-2-3-13(17)12(8-11)16(21)22/h2-5,8,10H,6-7,9H2,1H3,(H,21,22). The van der Waals surface area contributed by atoms with Gasteiger partial charge in [-0.05, 0) is 24.6 Å². The molecule has 0 spiro atoms. The fourth-order valence-corrected chi connectivity index (χ4v) is 4.15. The second-order valence-corrected chi connectivity index (χ2v) is 7.69. The van der Waals surface area contributed by atoms with Gasteiger partial charge >= 0.3 is 5.97 Å². The summed E-state index contributed by atoms with van der Waals surface area (Å²) < 4.78 is 50.6. The summed E-state index contributed by atoms with van der Waals surface area (Å²) in [7, 11) is -2.53. The lowest BCUT2D eigenvalue weighted by Gasteiger charge is -2.17. The Hall–Kier alpha value is -2.79. The van der Waals surface area contributed by atoms with Crippen LogP contribution in [-0.4, -0.2) is 60.3 Å². The smallest absolute Gasteiger partial charge is 0.338 e. The second-order valence-electron chi connectivity index (χ2n) is 5.75. The zero-order valence-electron chi connectivity index (χ0n) is 14.2. The normalized spacial score (nSPS) is 17.6. The summed E-state index contributed by atoms with van der Waals surface area (Å²) in [6.07, 6.45) is -0.0261. The van der Waals surface area contributed by atoms with Gasteiger partial charge in [0.2, 0.25) is 21.8 Å². The van der Waals surface area contributed by atoms with Crippen molar-refractivity contribution in [2.75, 3.05) is 20.2 Å². The number of ether oxygens (including phenoxy) is 2. The van der Waals surface area contributed by atoms with Crippen LogP contribution >= 0.6 is 0 Å². The Morgan fingerprint density at radius 3 is 2.59 bits per heavy atom. The number of carboxylic acid groups (broad SMARTS) is 1. The maximum Gasteiger partial charge on any atom is 0.338 e. The lowest BCUT2D eigenvalue weighted by molar-refractivity contribution is 0.0691. The first-order valence-corrected chi connectivity index (χ1v) is 9.32. The monoisotopic (exact) mass is 397 g/mol. The molecule has 1 N–H and O–H groups in total. The third kappa shape index (κ3) is 3.98. The first kappa shape index (κ1) is 19.0. The number of rotatable bonds is 6. The van der Waals surface area contributed by atoms with Gasteiger partial charge in [0.15, 0.2) is 0 Å². The topological polar surface area (TPSA) is 119 Å². The molecular weight excluding hydrogens is 381 g/mol. The largest absolute Gasteiger partial charge is 0.480 e. The first-order valence-electron chi connectivity index (χ1n) is 7.88. The third-order valence-electron chi connectivity index (χ3n) is 4.03. The van der Waals surface area contributed by atoms with Gasteiger partial charge in [0.1, 0.15) is 11.9 Å². The van der Waals surface area contributed by atoms with Gasteiger partial charge in [-0.15, -0.1) is 10.2 Å². The Morgan fingerprint density at radius 2 is 1.96 bits per heavy atom. The minimum Gasteiger partial charge on any atom is -0.480 e. The summed E-state index contributed by atoms with van der Waals surface area (Å²) in [6, 6.07) is 5.81. The molecule has 0 amide bonds. The first-order chi connectivity index (χ1) is 12.8. The quantitative estimate of drug-likeness (QED) is 0.771. The molecule has 11 heteroatoms. The van der Waals surface area contributed by atoms with E-state index in [1.54, 1.807) is 12.1 Å². The molecule has 1 atom stereocenters. The molecule has 1 aliphatic heterocycles. The Labute approximate surface area is 154 Å². The minimum absolute atomic E-state index is 0.0514. The maximum atomic E-state index is 13.5. The van der Waals surface area contributed by atoms with Gasteiger partial charge in [-0.2, -0.15) is 4.31 Å². The third-order valence-corrected chi connectivity index (χ3v) is 5.89. The molecule has 0 bridgehead atoms. The summed E-state index contributed by atoms with van der Waals surface area (Å²) in [5.74, 6) is -1.98. The van der Waals surface area contributed by atoms with Crippen molar-refractivity contribution in [1.82, 2.24) is 14.5 Å². The SMILES string of the molecule is COc1ccc(OC2CCN(S(=O)(=O)c3ccc(F)c(C(=O)O)c3)C2)nn1. The average molecular weight is 397 g/mol. The molecule has 144 valence electrons. The molecule has 9 nitrogen and oxygen atoms in total. The van der Waals surface area contributed by atoms with Crippen molar-refractivity contribution in [1.29, 1.82) is 0 Å². The molecule has 1 fully saturated rings. The van der Waals surface area contributed by atoms with Crippen LogP contribution in [0.2, 0.25) is 0 Å². The number of halogens is 1. The fourth-order valence-electron chi connectivity index (χ4n) is 2.64. The lowest BCUT2D eigenvalue weighted by atomic mass is 10.2. The van der Waals surface area contributed by atoms with Crippen LogP contribution in [-0.2, 0) is 10.0 Å². The number of aromatic carboxylic acids is 1. The van der Waals surface area contributed by atoms with Crippen LogP contribution in [0.5, 0.6) is 11.8 Å². The zero-order chi connectivity index (χ0) is 19.6. The maximum absolute atomic E-state index is 13.5. The van der Waals surface area contributed by atoms with Crippen LogP contribution in [0.1, 0.15) is 16.8 Å². The molecular formula is C16H16FN3O6S. The van der Waals surface area contributed by atoms with E-state index in [0.29, 0.717) is 12.3 Å². The van der Waals surface area contributed by atoms with Gasteiger partial charge in [0.25, 0.3) is 0 Å². The Kier molecular flexibility index (Phi) is 5.24. The number of benzene rings is 1. The molecule has 0 aliphatic carbocycles. The van der Waals surface area contributed by atoms with Gasteiger partial charge in [-0.1, -0.05) is 0 Å². The van der Waals surface area contributed by atoms with Crippen molar-refractivity contribution in [3.8, 4) is 11.8 Å². The summed E-state index contributed by atoms with van der Waals surface area (Å²) >= 11 is 0. The van der Waals surface area contributed by atoms with Crippen molar-refractivity contribution in [3.05, 3.63) is 41.7 Å². The summed E-state index contributed by atoms with van der Waals surface area (Å²) in [5.41, 5.74) is -0.698. The van der Waals surface area contributed by atoms with E-state index in [-0.39, 0.29) is 23.9 Å². The number of nitrogens with zero attached hydrogens (tertiary/aromatic N) is 3. The highest BCUT2D eigenvalue weighted by Crippen LogP contribution is 2.25. The van der Waals surface area contributed by atoms with E-state index in [1.165, 1.54) is 7.11 Å². The minimum atomic E-state index is -3.98. The van der Waals surface area contributed by atoms with Crippen LogP contribution in [0.25, 0.3) is 0 Å². The van der Waals surface area contributed by atoms with Gasteiger partial charge in [0, 0.05) is 18.7 Å². The van der Waals surface area contributed by atoms with Gasteiger partial charge in [-0.25, -0.2) is 17.6 Å². The average Bonchev–Trinajstić information content (AvgIpc) is 3.11. The van der Waals surface area contributed by atoms with Crippen LogP contribution in [0.15, 0.2) is 35.2 Å². The van der Waals surface area contributed by atoms with Crippen LogP contribution < -0.4 is 9.47 Å². The van der Waals surface area contributed by atoms with E-state index in [9.17, 15) is 17.6 Å². The molecule has 2 heterocycles. The molecule has 0 saturated carbocycles. The van der Waals surface area contributed by atoms with E-state index in [1.807, 2.05) is 0 Å². The Morgan fingerprint density at radius 1 is 1.26 bits per heavy atom. The lowest BCUT2D eigenvalue weighted by Crippen LogP contribution is -2.31. The Bertz CT molecular complexity index is 951. The summed E-state index contributed by atoms with van der Waals surface area (Å²) in [5, 5.41) is 16.6. The highest BCUT2D eigenvalue weighted by molar-refractivity contribution is 7.89. The number of carbonyl (C=O) groups is 1. The van der Waals surface area contributed by atoms with Gasteiger partial charge in [-0.3, -0.25) is 0 Å². The van der Waals surface area contributed by atoms with E-state index in [0.717, 1.165) is 22.5 Å². The number of aromatic nitrogens is 2. The number of hydrogen-bond acceptors (Lipinski definition) is 7. The van der Waals surface area contributed by atoms with E-state index in [4.69, 9.17) is 14.6 Å². The molecule has 1 aromatic heterocycles. The van der Waals surface area contributed by atoms with Crippen LogP contribution in [0.4, 0.5) is 4.39 Å². The van der Waals surface area contributed by atoms with Gasteiger partial charge in [0.05, 0.1) is 24.1 Å². The second kappa shape index (κ2) is 7.45. The molecule has 0 radical (unpaired) electrons. The highest BCUT2D eigenvalue weighted by Gasteiger charge is 2.34. The van der Waals surface area contributed by atoms with E-state index < -0.39 is 33.5 Å². The zero-order valence-corrected chi connectivity index (χ0v) is 15.0. The predicted molar refractivity (Wildman–Crippen MR) is 89.7 cm³/mol. The number of hydrogen-bond donors (Lipinski definition) is 1. The van der Waals surface area contributed by atoms with Crippen molar-refractivity contribution in [2.45, 2.75) is 17.4 Å². The number of methoxy groups -OCH3 is 1. The van der Waals surface area contributed by atoms with Gasteiger partial charge < -0.3 is 14.6 Å². The van der Waals surface area contributed by atoms with Crippen LogP contribution in [0, 0.1) is 5.82 Å². The van der Waals surface area contributed by atoms with Crippen LogP contribution in [0.3, 0.4) is 0 Å². The fraction of sp³-hybridized carbons (Fsp3) is 0.312. The van der Waals surface area contributed by atoms with Crippen molar-refractivity contribution in [3.63, 3.8) is 0 Å². The summed E-state index contributed by atoms with van der Waals surface area (Å²) in [4.78, 5) is 10.7. The molecule has 1 unspecified atom stereocenters. The number of carboxylic acids is 1. The Balaban J connectivity index is 1.73. The predicted octanol–water partition coefficient (Wildman–Crippen LogP) is 1.16. The highest BCUT2D eigenvalue weighted by atomic mass is 32.2. The molecule has 1 aliphatic rings. The summed E-state index contributed by atoms with van der Waals surface area (Å²) in [6.45, 7) is 0.228.